The number of hydrogen-bond donors (Lipinski definition) is 1. The molecular weight excluding hydrogens is 326 g/mol. The smallest absolute Gasteiger partial charge is 0.161 e. The number of nitriles is 1. The van der Waals surface area contributed by atoms with Gasteiger partial charge in [0.25, 0.3) is 0 Å². The average Bonchev–Trinajstić information content (AvgIpc) is 2.98. The third-order valence-electron chi connectivity index (χ3n) is 9.24. The number of aliphatic hydroxyl groups excluding tert-OH is 1. The van der Waals surface area contributed by atoms with Crippen molar-refractivity contribution in [1.29, 1.82) is 5.26 Å². The van der Waals surface area contributed by atoms with Crippen molar-refractivity contribution < 1.29 is 14.7 Å². The largest absolute Gasteiger partial charge is 0.389 e. The summed E-state index contributed by atoms with van der Waals surface area (Å²) in [4.78, 5) is 24.4. The van der Waals surface area contributed by atoms with Gasteiger partial charge in [0, 0.05) is 18.8 Å². The van der Waals surface area contributed by atoms with Gasteiger partial charge >= 0.3 is 0 Å². The SMILES string of the molecule is C[C@]12CCC(=O)C[C@H]1[C@@H](C#N)C[C@@H]1[C@@H]2CC[C@]2(C)[C@@H](C(=O)CO)CC[C@@H]12. The molecule has 0 heterocycles. The van der Waals surface area contributed by atoms with Crippen molar-refractivity contribution in [2.45, 2.75) is 65.2 Å². The first kappa shape index (κ1) is 18.2. The van der Waals surface area contributed by atoms with Crippen LogP contribution >= 0.6 is 0 Å². The van der Waals surface area contributed by atoms with Gasteiger partial charge in [-0.2, -0.15) is 5.26 Å². The summed E-state index contributed by atoms with van der Waals surface area (Å²) in [7, 11) is 0. The minimum atomic E-state index is -0.343. The summed E-state index contributed by atoms with van der Waals surface area (Å²) in [5, 5.41) is 19.3. The molecule has 0 aromatic heterocycles. The van der Waals surface area contributed by atoms with Crippen LogP contribution in [0.15, 0.2) is 0 Å². The van der Waals surface area contributed by atoms with Gasteiger partial charge in [0.1, 0.15) is 12.4 Å². The van der Waals surface area contributed by atoms with Crippen molar-refractivity contribution in [3.8, 4) is 6.07 Å². The van der Waals surface area contributed by atoms with Gasteiger partial charge in [-0.25, -0.2) is 0 Å². The fourth-order valence-corrected chi connectivity index (χ4v) is 7.91. The number of aliphatic hydroxyl groups is 1. The Morgan fingerprint density at radius 1 is 1.15 bits per heavy atom. The van der Waals surface area contributed by atoms with Crippen LogP contribution in [0.1, 0.15) is 65.2 Å². The van der Waals surface area contributed by atoms with Crippen LogP contribution in [0.4, 0.5) is 0 Å². The average molecular weight is 357 g/mol. The monoisotopic (exact) mass is 357 g/mol. The van der Waals surface area contributed by atoms with Crippen molar-refractivity contribution >= 4 is 11.6 Å². The van der Waals surface area contributed by atoms with E-state index < -0.39 is 0 Å². The van der Waals surface area contributed by atoms with E-state index in [0.29, 0.717) is 36.4 Å². The fraction of sp³-hybridized carbons (Fsp3) is 0.864. The normalized spacial score (nSPS) is 50.3. The summed E-state index contributed by atoms with van der Waals surface area (Å²) in [6.45, 7) is 4.27. The Hall–Kier alpha value is -1.21. The van der Waals surface area contributed by atoms with Gasteiger partial charge < -0.3 is 5.11 Å². The van der Waals surface area contributed by atoms with E-state index in [1.165, 1.54) is 0 Å². The first-order valence-corrected chi connectivity index (χ1v) is 10.4. The summed E-state index contributed by atoms with van der Waals surface area (Å²) in [6.07, 6.45) is 7.17. The second kappa shape index (κ2) is 6.16. The van der Waals surface area contributed by atoms with Crippen molar-refractivity contribution in [3.63, 3.8) is 0 Å². The van der Waals surface area contributed by atoms with Crippen LogP contribution in [0, 0.1) is 57.7 Å². The van der Waals surface area contributed by atoms with Gasteiger partial charge in [0.2, 0.25) is 0 Å². The number of rotatable bonds is 2. The van der Waals surface area contributed by atoms with Crippen molar-refractivity contribution in [3.05, 3.63) is 0 Å². The molecule has 142 valence electrons. The molecular formula is C22H31NO3. The number of Topliss-reactive ketones (excluding diaryl/α,β-unsaturated/α-hetero) is 2. The van der Waals surface area contributed by atoms with E-state index in [-0.39, 0.29) is 41.0 Å². The third kappa shape index (κ3) is 2.35. The van der Waals surface area contributed by atoms with Crippen molar-refractivity contribution in [2.24, 2.45) is 46.3 Å². The van der Waals surface area contributed by atoms with Crippen LogP contribution in [0.2, 0.25) is 0 Å². The Morgan fingerprint density at radius 3 is 2.58 bits per heavy atom. The van der Waals surface area contributed by atoms with E-state index in [0.717, 1.165) is 38.5 Å². The standard InChI is InChI=1S/C22H31NO3/c1-21-8-6-17-15(16(21)3-4-18(21)20(26)12-24)9-13(11-23)19-10-14(25)5-7-22(17,19)2/h13,15-19,24H,3-10,12H2,1-2H3/t13-,15+,16+,17+,18-,19+,21+,22-/m1/s1. The molecule has 0 bridgehead atoms. The highest BCUT2D eigenvalue weighted by atomic mass is 16.3. The molecule has 26 heavy (non-hydrogen) atoms. The number of carbonyl (C=O) groups excluding carboxylic acids is 2. The molecule has 4 aliphatic carbocycles. The maximum absolute atomic E-state index is 12.3. The first-order chi connectivity index (χ1) is 12.3. The zero-order valence-electron chi connectivity index (χ0n) is 16.0. The predicted molar refractivity (Wildman–Crippen MR) is 96.8 cm³/mol. The van der Waals surface area contributed by atoms with Crippen LogP contribution < -0.4 is 0 Å². The van der Waals surface area contributed by atoms with E-state index in [4.69, 9.17) is 0 Å². The number of ketones is 2. The highest BCUT2D eigenvalue weighted by Crippen LogP contribution is 2.68. The van der Waals surface area contributed by atoms with E-state index in [1.54, 1.807) is 0 Å². The topological polar surface area (TPSA) is 78.2 Å². The van der Waals surface area contributed by atoms with Gasteiger partial charge in [0.15, 0.2) is 5.78 Å². The quantitative estimate of drug-likeness (QED) is 0.820. The zero-order chi connectivity index (χ0) is 18.7. The molecule has 4 nitrogen and oxygen atoms in total. The minimum absolute atomic E-state index is 0.00782. The van der Waals surface area contributed by atoms with E-state index in [9.17, 15) is 20.0 Å². The summed E-state index contributed by atoms with van der Waals surface area (Å²) >= 11 is 0. The summed E-state index contributed by atoms with van der Waals surface area (Å²) in [6, 6.07) is 2.56. The van der Waals surface area contributed by atoms with Gasteiger partial charge in [-0.15, -0.1) is 0 Å². The molecule has 0 spiro atoms. The number of hydrogen-bond acceptors (Lipinski definition) is 4. The predicted octanol–water partition coefficient (Wildman–Crippen LogP) is 3.53. The molecule has 0 aromatic carbocycles. The summed E-state index contributed by atoms with van der Waals surface area (Å²) in [5.74, 6) is 2.06. The van der Waals surface area contributed by atoms with E-state index in [2.05, 4.69) is 19.9 Å². The molecule has 0 amide bonds. The lowest BCUT2D eigenvalue weighted by Crippen LogP contribution is -2.56. The number of nitrogens with zero attached hydrogens (tertiary/aromatic N) is 1. The Morgan fingerprint density at radius 2 is 1.88 bits per heavy atom. The lowest BCUT2D eigenvalue weighted by atomic mass is 9.43. The van der Waals surface area contributed by atoms with E-state index >= 15 is 0 Å². The zero-order valence-corrected chi connectivity index (χ0v) is 16.0. The molecule has 0 unspecified atom stereocenters. The summed E-state index contributed by atoms with van der Waals surface area (Å²) < 4.78 is 0. The van der Waals surface area contributed by atoms with Crippen LogP contribution in [0.3, 0.4) is 0 Å². The molecule has 4 fully saturated rings. The van der Waals surface area contributed by atoms with E-state index in [1.807, 2.05) is 0 Å². The minimum Gasteiger partial charge on any atom is -0.389 e. The molecule has 1 N–H and O–H groups in total. The van der Waals surface area contributed by atoms with Crippen LogP contribution in [-0.4, -0.2) is 23.3 Å². The molecule has 4 rings (SSSR count). The molecule has 0 saturated heterocycles. The van der Waals surface area contributed by atoms with Crippen molar-refractivity contribution in [1.82, 2.24) is 0 Å². The van der Waals surface area contributed by atoms with Crippen LogP contribution in [0.5, 0.6) is 0 Å². The molecule has 4 saturated carbocycles. The molecule has 8 atom stereocenters. The molecule has 0 radical (unpaired) electrons. The summed E-state index contributed by atoms with van der Waals surface area (Å²) in [5.41, 5.74) is 0.0757. The number of fused-ring (bicyclic) bond motifs is 5. The highest BCUT2D eigenvalue weighted by Gasteiger charge is 2.62. The van der Waals surface area contributed by atoms with Gasteiger partial charge in [-0.1, -0.05) is 13.8 Å². The lowest BCUT2D eigenvalue weighted by molar-refractivity contribution is -0.149. The third-order valence-corrected chi connectivity index (χ3v) is 9.24. The lowest BCUT2D eigenvalue weighted by Gasteiger charge is -2.61. The fourth-order valence-electron chi connectivity index (χ4n) is 7.91. The van der Waals surface area contributed by atoms with Gasteiger partial charge in [-0.3, -0.25) is 9.59 Å². The molecule has 4 heteroatoms. The molecule has 0 aliphatic heterocycles. The Labute approximate surface area is 156 Å². The van der Waals surface area contributed by atoms with Gasteiger partial charge in [-0.05, 0) is 73.0 Å². The van der Waals surface area contributed by atoms with Crippen LogP contribution in [0.25, 0.3) is 0 Å². The Kier molecular flexibility index (Phi) is 4.30. The number of carbonyl (C=O) groups is 2. The Balaban J connectivity index is 1.68. The van der Waals surface area contributed by atoms with Crippen LogP contribution in [-0.2, 0) is 9.59 Å². The Bertz CT molecular complexity index is 667. The maximum atomic E-state index is 12.3. The van der Waals surface area contributed by atoms with Gasteiger partial charge in [0.05, 0.1) is 12.0 Å². The second-order valence-corrected chi connectivity index (χ2v) is 10.0. The first-order valence-electron chi connectivity index (χ1n) is 10.4. The van der Waals surface area contributed by atoms with Crippen molar-refractivity contribution in [2.75, 3.05) is 6.61 Å². The maximum Gasteiger partial charge on any atom is 0.161 e. The second-order valence-electron chi connectivity index (χ2n) is 10.0. The molecule has 0 aromatic rings. The molecule has 4 aliphatic rings. The highest BCUT2D eigenvalue weighted by molar-refractivity contribution is 5.83.